The fourth-order valence-electron chi connectivity index (χ4n) is 1.99. The van der Waals surface area contributed by atoms with E-state index in [4.69, 9.17) is 11.6 Å². The van der Waals surface area contributed by atoms with Crippen molar-refractivity contribution in [1.82, 2.24) is 9.97 Å². The molecule has 22 heavy (non-hydrogen) atoms. The predicted octanol–water partition coefficient (Wildman–Crippen LogP) is 3.97. The largest absolute Gasteiger partial charge is 0.324 e. The van der Waals surface area contributed by atoms with Gasteiger partial charge in [-0.25, -0.2) is 9.37 Å². The maximum atomic E-state index is 13.3. The van der Waals surface area contributed by atoms with Crippen molar-refractivity contribution in [3.63, 3.8) is 0 Å². The van der Waals surface area contributed by atoms with Crippen LogP contribution in [0.4, 0.5) is 16.0 Å². The fourth-order valence-corrected chi connectivity index (χ4v) is 2.16. The third-order valence-electron chi connectivity index (χ3n) is 2.99. The summed E-state index contributed by atoms with van der Waals surface area (Å²) in [4.78, 5) is 18.7. The molecule has 1 heterocycles. The third kappa shape index (κ3) is 3.15. The molecule has 1 aromatic heterocycles. The first-order valence-corrected chi connectivity index (χ1v) is 6.88. The number of hydrogen-bond acceptors (Lipinski definition) is 3. The van der Waals surface area contributed by atoms with Crippen molar-refractivity contribution in [2.24, 2.45) is 0 Å². The van der Waals surface area contributed by atoms with Gasteiger partial charge in [-0.2, -0.15) is 0 Å². The van der Waals surface area contributed by atoms with Crippen LogP contribution in [0.15, 0.2) is 59.4 Å². The molecule has 0 amide bonds. The van der Waals surface area contributed by atoms with E-state index in [1.165, 1.54) is 24.3 Å². The Balaban J connectivity index is 2.00. The zero-order valence-electron chi connectivity index (χ0n) is 11.3. The molecule has 0 bridgehead atoms. The Morgan fingerprint density at radius 2 is 1.86 bits per heavy atom. The lowest BCUT2D eigenvalue weighted by Gasteiger charge is -2.09. The first-order chi connectivity index (χ1) is 10.6. The van der Waals surface area contributed by atoms with Crippen LogP contribution >= 0.6 is 11.6 Å². The van der Waals surface area contributed by atoms with Crippen LogP contribution < -0.4 is 10.9 Å². The second-order valence-electron chi connectivity index (χ2n) is 4.59. The van der Waals surface area contributed by atoms with Crippen molar-refractivity contribution in [2.75, 3.05) is 5.32 Å². The van der Waals surface area contributed by atoms with Crippen molar-refractivity contribution in [3.05, 3.63) is 75.8 Å². The zero-order chi connectivity index (χ0) is 15.5. The number of aromatic nitrogens is 2. The van der Waals surface area contributed by atoms with E-state index >= 15 is 0 Å². The van der Waals surface area contributed by atoms with Gasteiger partial charge in [0.25, 0.3) is 5.56 Å². The van der Waals surface area contributed by atoms with Crippen LogP contribution in [0, 0.1) is 5.82 Å². The number of H-pyrrole nitrogens is 1. The lowest BCUT2D eigenvalue weighted by atomic mass is 10.1. The number of benzene rings is 2. The highest BCUT2D eigenvalue weighted by Gasteiger charge is 2.07. The molecule has 110 valence electrons. The lowest BCUT2D eigenvalue weighted by Crippen LogP contribution is -2.10. The standard InChI is InChI=1S/C16H11ClFN3O/c17-12-7-6-11(18)8-14(12)20-16-19-13(9-15(22)21-16)10-4-2-1-3-5-10/h1-9H,(H2,19,20,21,22). The van der Waals surface area contributed by atoms with Crippen LogP contribution in [-0.4, -0.2) is 9.97 Å². The highest BCUT2D eigenvalue weighted by atomic mass is 35.5. The van der Waals surface area contributed by atoms with Gasteiger partial charge in [0.15, 0.2) is 0 Å². The van der Waals surface area contributed by atoms with E-state index in [1.54, 1.807) is 0 Å². The Labute approximate surface area is 130 Å². The highest BCUT2D eigenvalue weighted by molar-refractivity contribution is 6.33. The normalized spacial score (nSPS) is 10.5. The topological polar surface area (TPSA) is 57.8 Å². The average molecular weight is 316 g/mol. The lowest BCUT2D eigenvalue weighted by molar-refractivity contribution is 0.628. The summed E-state index contributed by atoms with van der Waals surface area (Å²) in [6.07, 6.45) is 0. The number of aromatic amines is 1. The SMILES string of the molecule is O=c1cc(-c2ccccc2)nc(Nc2cc(F)ccc2Cl)[nH]1. The predicted molar refractivity (Wildman–Crippen MR) is 85.0 cm³/mol. The Bertz CT molecular complexity index is 865. The van der Waals surface area contributed by atoms with Crippen molar-refractivity contribution in [2.45, 2.75) is 0 Å². The van der Waals surface area contributed by atoms with Gasteiger partial charge in [-0.05, 0) is 18.2 Å². The molecule has 2 aromatic carbocycles. The van der Waals surface area contributed by atoms with Gasteiger partial charge in [0.2, 0.25) is 5.95 Å². The van der Waals surface area contributed by atoms with E-state index < -0.39 is 5.82 Å². The minimum atomic E-state index is -0.437. The first kappa shape index (κ1) is 14.3. The smallest absolute Gasteiger partial charge is 0.252 e. The fraction of sp³-hybridized carbons (Fsp3) is 0. The highest BCUT2D eigenvalue weighted by Crippen LogP contribution is 2.25. The van der Waals surface area contributed by atoms with Gasteiger partial charge < -0.3 is 5.32 Å². The molecule has 6 heteroatoms. The van der Waals surface area contributed by atoms with Crippen LogP contribution in [0.1, 0.15) is 0 Å². The van der Waals surface area contributed by atoms with Gasteiger partial charge in [0, 0.05) is 11.6 Å². The maximum absolute atomic E-state index is 13.3. The van der Waals surface area contributed by atoms with Crippen molar-refractivity contribution in [3.8, 4) is 11.3 Å². The van der Waals surface area contributed by atoms with Gasteiger partial charge >= 0.3 is 0 Å². The number of anilines is 2. The Hall–Kier alpha value is -2.66. The Morgan fingerprint density at radius 3 is 2.64 bits per heavy atom. The summed E-state index contributed by atoms with van der Waals surface area (Å²) in [6, 6.07) is 14.6. The van der Waals surface area contributed by atoms with Gasteiger partial charge in [-0.15, -0.1) is 0 Å². The molecule has 3 aromatic rings. The third-order valence-corrected chi connectivity index (χ3v) is 3.32. The number of rotatable bonds is 3. The molecule has 0 fully saturated rings. The van der Waals surface area contributed by atoms with Crippen molar-refractivity contribution >= 4 is 23.2 Å². The molecule has 0 spiro atoms. The summed E-state index contributed by atoms with van der Waals surface area (Å²) >= 11 is 5.99. The summed E-state index contributed by atoms with van der Waals surface area (Å²) in [6.45, 7) is 0. The summed E-state index contributed by atoms with van der Waals surface area (Å²) < 4.78 is 13.3. The Kier molecular flexibility index (Phi) is 3.89. The first-order valence-electron chi connectivity index (χ1n) is 6.51. The summed E-state index contributed by atoms with van der Waals surface area (Å²) in [7, 11) is 0. The monoisotopic (exact) mass is 315 g/mol. The molecule has 0 unspecified atom stereocenters. The molecule has 3 rings (SSSR count). The van der Waals surface area contributed by atoms with Gasteiger partial charge in [0.05, 0.1) is 16.4 Å². The molecule has 0 aliphatic rings. The minimum Gasteiger partial charge on any atom is -0.324 e. The van der Waals surface area contributed by atoms with Crippen LogP contribution in [0.25, 0.3) is 11.3 Å². The van der Waals surface area contributed by atoms with Gasteiger partial charge in [-0.3, -0.25) is 9.78 Å². The van der Waals surface area contributed by atoms with Crippen LogP contribution in [0.5, 0.6) is 0 Å². The van der Waals surface area contributed by atoms with Gasteiger partial charge in [-0.1, -0.05) is 41.9 Å². The average Bonchev–Trinajstić information content (AvgIpc) is 2.51. The molecule has 4 nitrogen and oxygen atoms in total. The molecule has 0 aliphatic heterocycles. The number of nitrogens with zero attached hydrogens (tertiary/aromatic N) is 1. The van der Waals surface area contributed by atoms with E-state index in [-0.39, 0.29) is 11.5 Å². The number of hydrogen-bond donors (Lipinski definition) is 2. The quantitative estimate of drug-likeness (QED) is 0.769. The van der Waals surface area contributed by atoms with E-state index in [0.29, 0.717) is 16.4 Å². The maximum Gasteiger partial charge on any atom is 0.252 e. The number of halogens is 2. The van der Waals surface area contributed by atoms with E-state index in [9.17, 15) is 9.18 Å². The molecule has 0 atom stereocenters. The van der Waals surface area contributed by atoms with E-state index in [1.807, 2.05) is 30.3 Å². The van der Waals surface area contributed by atoms with Gasteiger partial charge in [0.1, 0.15) is 5.82 Å². The van der Waals surface area contributed by atoms with Crippen molar-refractivity contribution < 1.29 is 4.39 Å². The molecule has 0 aliphatic carbocycles. The van der Waals surface area contributed by atoms with E-state index in [0.717, 1.165) is 5.56 Å². The second kappa shape index (κ2) is 5.99. The minimum absolute atomic E-state index is 0.193. The van der Waals surface area contributed by atoms with Crippen molar-refractivity contribution in [1.29, 1.82) is 0 Å². The molecule has 0 saturated heterocycles. The number of nitrogens with one attached hydrogen (secondary N) is 2. The second-order valence-corrected chi connectivity index (χ2v) is 5.00. The molecule has 2 N–H and O–H groups in total. The van der Waals surface area contributed by atoms with Crippen LogP contribution in [-0.2, 0) is 0 Å². The summed E-state index contributed by atoms with van der Waals surface area (Å²) in [5.41, 5.74) is 1.33. The molecule has 0 radical (unpaired) electrons. The molecular weight excluding hydrogens is 305 g/mol. The summed E-state index contributed by atoms with van der Waals surface area (Å²) in [5.74, 6) is -0.243. The zero-order valence-corrected chi connectivity index (χ0v) is 12.1. The van der Waals surface area contributed by atoms with Crippen LogP contribution in [0.2, 0.25) is 5.02 Å². The molecule has 0 saturated carbocycles. The summed E-state index contributed by atoms with van der Waals surface area (Å²) in [5, 5.41) is 3.15. The van der Waals surface area contributed by atoms with E-state index in [2.05, 4.69) is 15.3 Å². The Morgan fingerprint density at radius 1 is 1.09 bits per heavy atom. The molecular formula is C16H11ClFN3O. The van der Waals surface area contributed by atoms with Crippen LogP contribution in [0.3, 0.4) is 0 Å².